The average molecular weight is 561 g/mol. The predicted octanol–water partition coefficient (Wildman–Crippen LogP) is 6.43. The number of allylic oxidation sites excluding steroid dienone is 5. The molecule has 7 heteroatoms. The Morgan fingerprint density at radius 3 is 2.58 bits per heavy atom. The van der Waals surface area contributed by atoms with Gasteiger partial charge in [-0.2, -0.15) is 0 Å². The number of amides is 1. The van der Waals surface area contributed by atoms with E-state index in [-0.39, 0.29) is 18.5 Å². The summed E-state index contributed by atoms with van der Waals surface area (Å²) < 4.78 is 15.3. The van der Waals surface area contributed by atoms with Crippen LogP contribution in [0.25, 0.3) is 0 Å². The van der Waals surface area contributed by atoms with Gasteiger partial charge in [-0.15, -0.1) is 0 Å². The van der Waals surface area contributed by atoms with Crippen molar-refractivity contribution in [1.29, 1.82) is 0 Å². The highest BCUT2D eigenvalue weighted by Crippen LogP contribution is 2.57. The lowest BCUT2D eigenvalue weighted by atomic mass is 9.65. The van der Waals surface area contributed by atoms with Gasteiger partial charge >= 0.3 is 6.09 Å². The Balaban J connectivity index is 0.000000415. The van der Waals surface area contributed by atoms with Crippen LogP contribution in [0.2, 0.25) is 0 Å². The zero-order valence-corrected chi connectivity index (χ0v) is 26.2. The molecule has 0 aromatic rings. The van der Waals surface area contributed by atoms with Crippen molar-refractivity contribution in [1.82, 2.24) is 10.6 Å². The first-order valence-corrected chi connectivity index (χ1v) is 15.6. The monoisotopic (exact) mass is 560 g/mol. The van der Waals surface area contributed by atoms with Gasteiger partial charge in [0.25, 0.3) is 0 Å². The van der Waals surface area contributed by atoms with E-state index in [9.17, 15) is 4.79 Å². The van der Waals surface area contributed by atoms with Gasteiger partial charge in [0.2, 0.25) is 0 Å². The molecule has 40 heavy (non-hydrogen) atoms. The Morgan fingerprint density at radius 2 is 1.93 bits per heavy atom. The minimum absolute atomic E-state index is 0.186. The van der Waals surface area contributed by atoms with Gasteiger partial charge in [-0.25, -0.2) is 4.79 Å². The molecular formula is C33H56N2O5. The molecule has 0 bridgehead atoms. The topological polar surface area (TPSA) is 89.1 Å². The van der Waals surface area contributed by atoms with E-state index in [1.807, 2.05) is 20.8 Å². The van der Waals surface area contributed by atoms with E-state index in [0.29, 0.717) is 30.9 Å². The maximum absolute atomic E-state index is 11.7. The Kier molecular flexibility index (Phi) is 12.3. The molecule has 3 N–H and O–H groups in total. The molecule has 0 aromatic heterocycles. The Hall–Kier alpha value is -1.67. The smallest absolute Gasteiger partial charge is 0.407 e. The molecule has 0 radical (unpaired) electrons. The number of methoxy groups -OCH3 is 1. The van der Waals surface area contributed by atoms with Crippen molar-refractivity contribution < 1.29 is 24.1 Å². The van der Waals surface area contributed by atoms with Crippen LogP contribution in [0.3, 0.4) is 0 Å². The van der Waals surface area contributed by atoms with Crippen LogP contribution in [0.15, 0.2) is 34.4 Å². The highest BCUT2D eigenvalue weighted by atomic mass is 16.7. The molecule has 1 amide bonds. The Morgan fingerprint density at radius 1 is 1.15 bits per heavy atom. The van der Waals surface area contributed by atoms with E-state index < -0.39 is 5.60 Å². The third-order valence-electron chi connectivity index (χ3n) is 8.69. The molecule has 4 aliphatic rings. The van der Waals surface area contributed by atoms with Crippen LogP contribution in [-0.4, -0.2) is 62.5 Å². The molecule has 2 fully saturated rings. The van der Waals surface area contributed by atoms with Gasteiger partial charge < -0.3 is 30.0 Å². The number of ether oxygens (including phenoxy) is 3. The van der Waals surface area contributed by atoms with Crippen molar-refractivity contribution >= 4 is 6.09 Å². The minimum Gasteiger partial charge on any atom is -0.444 e. The summed E-state index contributed by atoms with van der Waals surface area (Å²) in [5.41, 5.74) is 6.60. The van der Waals surface area contributed by atoms with Gasteiger partial charge in [-0.1, -0.05) is 44.1 Å². The molecule has 1 heterocycles. The van der Waals surface area contributed by atoms with Crippen LogP contribution >= 0.6 is 0 Å². The molecule has 4 atom stereocenters. The van der Waals surface area contributed by atoms with Crippen molar-refractivity contribution in [3.63, 3.8) is 0 Å². The van der Waals surface area contributed by atoms with E-state index in [1.165, 1.54) is 44.1 Å². The fourth-order valence-corrected chi connectivity index (χ4v) is 6.45. The van der Waals surface area contributed by atoms with Gasteiger partial charge in [0.1, 0.15) is 5.60 Å². The molecule has 3 aliphatic carbocycles. The molecular weight excluding hydrogens is 504 g/mol. The predicted molar refractivity (Wildman–Crippen MR) is 161 cm³/mol. The first kappa shape index (κ1) is 32.8. The maximum Gasteiger partial charge on any atom is 0.407 e. The third-order valence-corrected chi connectivity index (χ3v) is 8.69. The van der Waals surface area contributed by atoms with Crippen LogP contribution in [0, 0.1) is 17.3 Å². The number of hydrogen-bond donors (Lipinski definition) is 3. The summed E-state index contributed by atoms with van der Waals surface area (Å²) in [6.07, 6.45) is 14.2. The SMILES string of the molecule is CC(C)C1=C2C3=CC=C(CNCCCNC(=O)OC(C)(C)C)CCC3CCC2(C)CC1.COC1CC(O)CCO1. The van der Waals surface area contributed by atoms with E-state index in [2.05, 4.69) is 43.6 Å². The number of fused-ring (bicyclic) bond motifs is 3. The number of nitrogens with one attached hydrogen (secondary N) is 2. The summed E-state index contributed by atoms with van der Waals surface area (Å²) in [6, 6.07) is 0. The van der Waals surface area contributed by atoms with Crippen molar-refractivity contribution in [3.05, 3.63) is 34.4 Å². The molecule has 228 valence electrons. The van der Waals surface area contributed by atoms with Crippen LogP contribution in [0.5, 0.6) is 0 Å². The second-order valence-electron chi connectivity index (χ2n) is 13.5. The number of carbonyl (C=O) groups is 1. The summed E-state index contributed by atoms with van der Waals surface area (Å²) in [7, 11) is 1.59. The Bertz CT molecular complexity index is 932. The minimum atomic E-state index is -0.443. The van der Waals surface area contributed by atoms with Crippen LogP contribution in [-0.2, 0) is 14.2 Å². The summed E-state index contributed by atoms with van der Waals surface area (Å²) in [5, 5.41) is 15.4. The summed E-state index contributed by atoms with van der Waals surface area (Å²) in [6.45, 7) is 16.0. The Labute approximate surface area is 243 Å². The second kappa shape index (κ2) is 15.0. The van der Waals surface area contributed by atoms with Gasteiger partial charge in [-0.05, 0) is 107 Å². The zero-order valence-electron chi connectivity index (χ0n) is 26.2. The number of rotatable bonds is 8. The number of hydrogen-bond acceptors (Lipinski definition) is 6. The lowest BCUT2D eigenvalue weighted by Gasteiger charge is -2.40. The van der Waals surface area contributed by atoms with Crippen LogP contribution < -0.4 is 10.6 Å². The molecule has 1 saturated heterocycles. The maximum atomic E-state index is 11.7. The first-order chi connectivity index (χ1) is 18.9. The lowest BCUT2D eigenvalue weighted by Crippen LogP contribution is -2.34. The average Bonchev–Trinajstić information content (AvgIpc) is 3.11. The number of alkyl carbamates (subject to hydrolysis) is 1. The second-order valence-corrected chi connectivity index (χ2v) is 13.5. The van der Waals surface area contributed by atoms with Crippen molar-refractivity contribution in [3.8, 4) is 0 Å². The molecule has 4 rings (SSSR count). The molecule has 7 nitrogen and oxygen atoms in total. The molecule has 1 aliphatic heterocycles. The van der Waals surface area contributed by atoms with Crippen molar-refractivity contribution in [2.45, 2.75) is 117 Å². The van der Waals surface area contributed by atoms with E-state index >= 15 is 0 Å². The first-order valence-electron chi connectivity index (χ1n) is 15.6. The number of aliphatic hydroxyl groups excluding tert-OH is 1. The van der Waals surface area contributed by atoms with E-state index in [4.69, 9.17) is 19.3 Å². The highest BCUT2D eigenvalue weighted by Gasteiger charge is 2.44. The largest absolute Gasteiger partial charge is 0.444 e. The number of aliphatic hydroxyl groups is 1. The standard InChI is InChI=1S/C27H44N2O2.C6H12O3/c1-19(2)22-13-15-27(6)14-12-21-10-8-20(9-11-23(21)24(22)27)18-28-16-7-17-29-25(30)31-26(3,4)5;1-8-6-4-5(7)2-3-9-6/h9,11,19,21,28H,7-8,10,12-18H2,1-6H3,(H,29,30);5-7H,2-4H2,1H3. The van der Waals surface area contributed by atoms with Gasteiger partial charge in [0.05, 0.1) is 12.7 Å². The fraction of sp³-hybridized carbons (Fsp3) is 0.788. The fourth-order valence-electron chi connectivity index (χ4n) is 6.45. The van der Waals surface area contributed by atoms with Crippen LogP contribution in [0.4, 0.5) is 4.79 Å². The zero-order chi connectivity index (χ0) is 29.3. The molecule has 0 spiro atoms. The summed E-state index contributed by atoms with van der Waals surface area (Å²) in [5.74, 6) is 1.40. The molecule has 0 aromatic carbocycles. The van der Waals surface area contributed by atoms with E-state index in [1.54, 1.807) is 23.8 Å². The van der Waals surface area contributed by atoms with Gasteiger partial charge in [0.15, 0.2) is 6.29 Å². The third kappa shape index (κ3) is 9.71. The van der Waals surface area contributed by atoms with Gasteiger partial charge in [-0.3, -0.25) is 0 Å². The molecule has 4 unspecified atom stereocenters. The highest BCUT2D eigenvalue weighted by molar-refractivity contribution is 5.67. The van der Waals surface area contributed by atoms with Crippen LogP contribution in [0.1, 0.15) is 99.3 Å². The normalized spacial score (nSPS) is 28.5. The summed E-state index contributed by atoms with van der Waals surface area (Å²) in [4.78, 5) is 11.7. The molecule has 1 saturated carbocycles. The lowest BCUT2D eigenvalue weighted by molar-refractivity contribution is -0.170. The summed E-state index contributed by atoms with van der Waals surface area (Å²) >= 11 is 0. The quantitative estimate of drug-likeness (QED) is 0.297. The van der Waals surface area contributed by atoms with Gasteiger partial charge in [0, 0.05) is 26.6 Å². The van der Waals surface area contributed by atoms with Crippen molar-refractivity contribution in [2.75, 3.05) is 33.4 Å². The number of carbonyl (C=O) groups excluding carboxylic acids is 1. The van der Waals surface area contributed by atoms with Crippen molar-refractivity contribution in [2.24, 2.45) is 17.3 Å². The van der Waals surface area contributed by atoms with E-state index in [0.717, 1.165) is 31.8 Å².